The maximum absolute atomic E-state index is 12.9. The number of rotatable bonds is 5. The van der Waals surface area contributed by atoms with E-state index in [2.05, 4.69) is 26.6 Å². The van der Waals surface area contributed by atoms with Crippen molar-refractivity contribution >= 4 is 39.5 Å². The fourth-order valence-electron chi connectivity index (χ4n) is 4.15. The van der Waals surface area contributed by atoms with Crippen LogP contribution in [0, 0.1) is 0 Å². The molecule has 0 radical (unpaired) electrons. The van der Waals surface area contributed by atoms with Gasteiger partial charge in [0, 0.05) is 22.7 Å². The Labute approximate surface area is 184 Å². The van der Waals surface area contributed by atoms with Gasteiger partial charge in [0.05, 0.1) is 11.1 Å². The van der Waals surface area contributed by atoms with E-state index >= 15 is 0 Å². The van der Waals surface area contributed by atoms with Gasteiger partial charge in [0.25, 0.3) is 11.8 Å². The summed E-state index contributed by atoms with van der Waals surface area (Å²) in [5.74, 6) is -0.464. The van der Waals surface area contributed by atoms with Crippen LogP contribution in [-0.4, -0.2) is 35.3 Å². The van der Waals surface area contributed by atoms with E-state index in [0.29, 0.717) is 29.8 Å². The van der Waals surface area contributed by atoms with E-state index in [-0.39, 0.29) is 23.9 Å². The number of carbonyl (C=O) groups excluding carboxylic acids is 3. The van der Waals surface area contributed by atoms with Crippen molar-refractivity contribution in [2.24, 2.45) is 0 Å². The average Bonchev–Trinajstić information content (AvgIpc) is 3.00. The maximum Gasteiger partial charge on any atom is 0.319 e. The monoisotopic (exact) mass is 469 g/mol. The molecule has 156 valence electrons. The van der Waals surface area contributed by atoms with Gasteiger partial charge in [-0.05, 0) is 55.2 Å². The van der Waals surface area contributed by atoms with Gasteiger partial charge in [-0.15, -0.1) is 0 Å². The molecule has 1 saturated carbocycles. The van der Waals surface area contributed by atoms with E-state index in [1.165, 1.54) is 4.90 Å². The molecular formula is C23H24BrN3O3. The number of imide groups is 1. The van der Waals surface area contributed by atoms with Crippen LogP contribution in [0.4, 0.5) is 10.5 Å². The number of hydrogen-bond acceptors (Lipinski definition) is 3. The van der Waals surface area contributed by atoms with E-state index in [9.17, 15) is 14.4 Å². The minimum Gasteiger partial charge on any atom is -0.338 e. The highest BCUT2D eigenvalue weighted by Gasteiger charge is 2.40. The van der Waals surface area contributed by atoms with Gasteiger partial charge in [0.1, 0.15) is 0 Å². The third kappa shape index (κ3) is 4.41. The lowest BCUT2D eigenvalue weighted by molar-refractivity contribution is 0.0549. The van der Waals surface area contributed by atoms with Gasteiger partial charge in [-0.25, -0.2) is 4.79 Å². The van der Waals surface area contributed by atoms with Gasteiger partial charge in [-0.2, -0.15) is 0 Å². The summed E-state index contributed by atoms with van der Waals surface area (Å²) >= 11 is 3.40. The molecule has 0 atom stereocenters. The minimum absolute atomic E-state index is 0.00975. The fourth-order valence-corrected chi connectivity index (χ4v) is 4.42. The highest BCUT2D eigenvalue weighted by atomic mass is 79.9. The van der Waals surface area contributed by atoms with Crippen molar-refractivity contribution in [3.05, 3.63) is 63.6 Å². The molecule has 7 heteroatoms. The molecule has 1 aliphatic carbocycles. The second-order valence-electron chi connectivity index (χ2n) is 7.79. The Hall–Kier alpha value is -2.67. The summed E-state index contributed by atoms with van der Waals surface area (Å²) in [6, 6.07) is 12.5. The highest BCUT2D eigenvalue weighted by Crippen LogP contribution is 2.32. The Morgan fingerprint density at radius 2 is 1.67 bits per heavy atom. The molecule has 0 bridgehead atoms. The van der Waals surface area contributed by atoms with Crippen LogP contribution in [0.1, 0.15) is 58.4 Å². The standard InChI is InChI=1S/C23H24BrN3O3/c24-16-8-6-15(7-9-16)12-13-25-23(30)26-17-10-11-19-20(14-17)22(29)27(21(19)28)18-4-2-1-3-5-18/h6-11,14,18H,1-5,12-13H2,(H2,25,26,30). The maximum atomic E-state index is 12.9. The lowest BCUT2D eigenvalue weighted by Crippen LogP contribution is -2.40. The molecule has 4 amide bonds. The van der Waals surface area contributed by atoms with Crippen molar-refractivity contribution in [1.29, 1.82) is 0 Å². The zero-order valence-corrected chi connectivity index (χ0v) is 18.2. The lowest BCUT2D eigenvalue weighted by Gasteiger charge is -2.29. The van der Waals surface area contributed by atoms with Crippen molar-refractivity contribution in [3.8, 4) is 0 Å². The Morgan fingerprint density at radius 1 is 0.967 bits per heavy atom. The highest BCUT2D eigenvalue weighted by molar-refractivity contribution is 9.10. The molecule has 0 aromatic heterocycles. The van der Waals surface area contributed by atoms with Gasteiger partial charge < -0.3 is 10.6 Å². The number of hydrogen-bond donors (Lipinski definition) is 2. The van der Waals surface area contributed by atoms with Crippen LogP contribution in [-0.2, 0) is 6.42 Å². The van der Waals surface area contributed by atoms with Crippen molar-refractivity contribution < 1.29 is 14.4 Å². The zero-order valence-electron chi connectivity index (χ0n) is 16.6. The van der Waals surface area contributed by atoms with Crippen molar-refractivity contribution in [2.45, 2.75) is 44.6 Å². The molecule has 2 aromatic carbocycles. The van der Waals surface area contributed by atoms with Crippen LogP contribution in [0.25, 0.3) is 0 Å². The van der Waals surface area contributed by atoms with Crippen LogP contribution in [0.15, 0.2) is 46.9 Å². The first-order valence-electron chi connectivity index (χ1n) is 10.3. The first-order chi connectivity index (χ1) is 14.5. The fraction of sp³-hybridized carbons (Fsp3) is 0.348. The number of urea groups is 1. The van der Waals surface area contributed by atoms with Gasteiger partial charge in [0.2, 0.25) is 0 Å². The number of benzene rings is 2. The molecule has 6 nitrogen and oxygen atoms in total. The number of nitrogens with zero attached hydrogens (tertiary/aromatic N) is 1. The zero-order chi connectivity index (χ0) is 21.1. The molecule has 1 heterocycles. The minimum atomic E-state index is -0.340. The van der Waals surface area contributed by atoms with E-state index in [1.807, 2.05) is 24.3 Å². The predicted octanol–water partition coefficient (Wildman–Crippen LogP) is 4.74. The Balaban J connectivity index is 1.36. The number of halogens is 1. The molecule has 2 N–H and O–H groups in total. The molecule has 2 aromatic rings. The third-order valence-electron chi connectivity index (χ3n) is 5.73. The Morgan fingerprint density at radius 3 is 2.40 bits per heavy atom. The second kappa shape index (κ2) is 9.00. The third-order valence-corrected chi connectivity index (χ3v) is 6.26. The summed E-state index contributed by atoms with van der Waals surface area (Å²) in [4.78, 5) is 39.3. The van der Waals surface area contributed by atoms with Crippen molar-refractivity contribution in [2.75, 3.05) is 11.9 Å². The van der Waals surface area contributed by atoms with Crippen LogP contribution in [0.3, 0.4) is 0 Å². The van der Waals surface area contributed by atoms with Gasteiger partial charge in [0.15, 0.2) is 0 Å². The lowest BCUT2D eigenvalue weighted by atomic mass is 9.94. The summed E-state index contributed by atoms with van der Waals surface area (Å²) < 4.78 is 1.02. The van der Waals surface area contributed by atoms with Crippen molar-refractivity contribution in [1.82, 2.24) is 10.2 Å². The molecular weight excluding hydrogens is 446 g/mol. The van der Waals surface area contributed by atoms with Crippen molar-refractivity contribution in [3.63, 3.8) is 0 Å². The van der Waals surface area contributed by atoms with E-state index in [0.717, 1.165) is 42.1 Å². The number of carbonyl (C=O) groups is 3. The van der Waals surface area contributed by atoms with Crippen LogP contribution < -0.4 is 10.6 Å². The topological polar surface area (TPSA) is 78.5 Å². The number of fused-ring (bicyclic) bond motifs is 1. The summed E-state index contributed by atoms with van der Waals surface area (Å²) in [6.45, 7) is 0.491. The van der Waals surface area contributed by atoms with Gasteiger partial charge in [-0.3, -0.25) is 14.5 Å². The number of anilines is 1. The van der Waals surface area contributed by atoms with Crippen LogP contribution in [0.2, 0.25) is 0 Å². The molecule has 4 rings (SSSR count). The molecule has 0 spiro atoms. The largest absolute Gasteiger partial charge is 0.338 e. The van der Waals surface area contributed by atoms with Crippen LogP contribution >= 0.6 is 15.9 Å². The van der Waals surface area contributed by atoms with Crippen LogP contribution in [0.5, 0.6) is 0 Å². The molecule has 2 aliphatic rings. The predicted molar refractivity (Wildman–Crippen MR) is 119 cm³/mol. The quantitative estimate of drug-likeness (QED) is 0.620. The molecule has 1 fully saturated rings. The summed E-state index contributed by atoms with van der Waals surface area (Å²) in [7, 11) is 0. The van der Waals surface area contributed by atoms with E-state index < -0.39 is 0 Å². The van der Waals surface area contributed by atoms with Gasteiger partial charge in [-0.1, -0.05) is 47.3 Å². The first kappa shape index (κ1) is 20.6. The average molecular weight is 470 g/mol. The number of amides is 4. The Bertz CT molecular complexity index is 968. The normalized spacial score (nSPS) is 16.5. The summed E-state index contributed by atoms with van der Waals surface area (Å²) in [6.07, 6.45) is 5.71. The molecule has 0 unspecified atom stereocenters. The Kier molecular flexibility index (Phi) is 6.18. The smallest absolute Gasteiger partial charge is 0.319 e. The SMILES string of the molecule is O=C(NCCc1ccc(Br)cc1)Nc1ccc2c(c1)C(=O)N(C1CCCCC1)C2=O. The summed E-state index contributed by atoms with van der Waals surface area (Å²) in [5, 5.41) is 5.58. The van der Waals surface area contributed by atoms with E-state index in [4.69, 9.17) is 0 Å². The number of nitrogens with one attached hydrogen (secondary N) is 2. The van der Waals surface area contributed by atoms with E-state index in [1.54, 1.807) is 18.2 Å². The second-order valence-corrected chi connectivity index (χ2v) is 8.71. The molecule has 0 saturated heterocycles. The van der Waals surface area contributed by atoms with Gasteiger partial charge >= 0.3 is 6.03 Å². The summed E-state index contributed by atoms with van der Waals surface area (Å²) in [5.41, 5.74) is 2.43. The first-order valence-corrected chi connectivity index (χ1v) is 11.1. The molecule has 1 aliphatic heterocycles. The molecule has 30 heavy (non-hydrogen) atoms.